The number of nitrogens with one attached hydrogen (secondary N) is 1. The van der Waals surface area contributed by atoms with Crippen LogP contribution >= 0.6 is 0 Å². The van der Waals surface area contributed by atoms with E-state index in [1.54, 1.807) is 12.1 Å². The highest BCUT2D eigenvalue weighted by atomic mass is 19.4. The van der Waals surface area contributed by atoms with Gasteiger partial charge in [-0.05, 0) is 42.8 Å². The lowest BCUT2D eigenvalue weighted by atomic mass is 10.0. The third-order valence-corrected chi connectivity index (χ3v) is 4.06. The summed E-state index contributed by atoms with van der Waals surface area (Å²) in [6, 6.07) is 7.05. The summed E-state index contributed by atoms with van der Waals surface area (Å²) < 4.78 is 65.4. The van der Waals surface area contributed by atoms with Crippen molar-refractivity contribution < 1.29 is 26.7 Å². The van der Waals surface area contributed by atoms with E-state index < -0.39 is 35.3 Å². The highest BCUT2D eigenvalue weighted by Gasteiger charge is 2.34. The summed E-state index contributed by atoms with van der Waals surface area (Å²) in [4.78, 5) is 16.6. The van der Waals surface area contributed by atoms with Crippen molar-refractivity contribution in [1.29, 1.82) is 0 Å². The molecule has 2 aromatic carbocycles. The fourth-order valence-electron chi connectivity index (χ4n) is 2.72. The maximum atomic E-state index is 13.8. The zero-order chi connectivity index (χ0) is 19.8. The first-order chi connectivity index (χ1) is 12.7. The summed E-state index contributed by atoms with van der Waals surface area (Å²) in [7, 11) is 0. The predicted molar refractivity (Wildman–Crippen MR) is 89.0 cm³/mol. The zero-order valence-electron chi connectivity index (χ0n) is 13.9. The lowest BCUT2D eigenvalue weighted by molar-refractivity contribution is -0.140. The number of halogens is 5. The van der Waals surface area contributed by atoms with E-state index in [4.69, 9.17) is 0 Å². The monoisotopic (exact) mass is 380 g/mol. The van der Waals surface area contributed by atoms with Crippen LogP contribution in [0.15, 0.2) is 48.7 Å². The molecule has 3 aromatic rings. The summed E-state index contributed by atoms with van der Waals surface area (Å²) >= 11 is 0. The molecule has 1 heterocycles. The molecule has 1 atom stereocenters. The fraction of sp³-hybridized carbons (Fsp3) is 0.158. The summed E-state index contributed by atoms with van der Waals surface area (Å²) in [5.74, 6) is -2.74. The number of pyridine rings is 1. The van der Waals surface area contributed by atoms with Gasteiger partial charge in [-0.2, -0.15) is 13.2 Å². The van der Waals surface area contributed by atoms with Crippen molar-refractivity contribution in [1.82, 2.24) is 10.3 Å². The summed E-state index contributed by atoms with van der Waals surface area (Å²) in [6.45, 7) is 1.48. The molecule has 0 aliphatic rings. The van der Waals surface area contributed by atoms with Gasteiger partial charge < -0.3 is 5.32 Å². The number of carbonyl (C=O) groups is 1. The normalized spacial score (nSPS) is 12.8. The molecular weight excluding hydrogens is 367 g/mol. The topological polar surface area (TPSA) is 42.0 Å². The molecule has 0 saturated carbocycles. The number of benzene rings is 2. The Bertz CT molecular complexity index is 1020. The lowest BCUT2D eigenvalue weighted by Crippen LogP contribution is -2.27. The van der Waals surface area contributed by atoms with Crippen molar-refractivity contribution in [2.24, 2.45) is 0 Å². The quantitative estimate of drug-likeness (QED) is 0.648. The average molecular weight is 380 g/mol. The van der Waals surface area contributed by atoms with E-state index >= 15 is 0 Å². The molecule has 0 aliphatic carbocycles. The molecule has 140 valence electrons. The van der Waals surface area contributed by atoms with E-state index in [1.807, 2.05) is 0 Å². The lowest BCUT2D eigenvalue weighted by Gasteiger charge is -2.17. The number of carbonyl (C=O) groups excluding carboxylic acids is 1. The molecular formula is C19H13F5N2O. The minimum absolute atomic E-state index is 0.0233. The fourth-order valence-corrected chi connectivity index (χ4v) is 2.72. The second-order valence-electron chi connectivity index (χ2n) is 5.96. The maximum Gasteiger partial charge on any atom is 0.419 e. The number of alkyl halides is 3. The van der Waals surface area contributed by atoms with E-state index in [1.165, 1.54) is 19.2 Å². The van der Waals surface area contributed by atoms with Gasteiger partial charge in [0.1, 0.15) is 11.6 Å². The molecule has 1 amide bonds. The van der Waals surface area contributed by atoms with E-state index in [0.29, 0.717) is 11.5 Å². The third-order valence-electron chi connectivity index (χ3n) is 4.06. The molecule has 0 radical (unpaired) electrons. The van der Waals surface area contributed by atoms with Crippen molar-refractivity contribution in [3.8, 4) is 0 Å². The van der Waals surface area contributed by atoms with Gasteiger partial charge in [-0.3, -0.25) is 9.78 Å². The average Bonchev–Trinajstić information content (AvgIpc) is 2.59. The SMILES string of the molecule is CC(NC(=O)c1cc(F)cc2cccnc12)c1ccc(C(F)(F)F)c(F)c1. The number of aromatic nitrogens is 1. The first-order valence-electron chi connectivity index (χ1n) is 7.88. The second kappa shape index (κ2) is 6.94. The van der Waals surface area contributed by atoms with Crippen LogP contribution in [0.2, 0.25) is 0 Å². The van der Waals surface area contributed by atoms with Gasteiger partial charge in [0.15, 0.2) is 0 Å². The number of nitrogens with zero attached hydrogens (tertiary/aromatic N) is 1. The molecule has 0 fully saturated rings. The molecule has 8 heteroatoms. The Morgan fingerprint density at radius 2 is 1.85 bits per heavy atom. The zero-order valence-corrected chi connectivity index (χ0v) is 13.9. The van der Waals surface area contributed by atoms with E-state index in [2.05, 4.69) is 10.3 Å². The Morgan fingerprint density at radius 3 is 2.52 bits per heavy atom. The molecule has 1 N–H and O–H groups in total. The molecule has 1 aromatic heterocycles. The van der Waals surface area contributed by atoms with Crippen LogP contribution in [-0.2, 0) is 6.18 Å². The van der Waals surface area contributed by atoms with Gasteiger partial charge in [-0.25, -0.2) is 8.78 Å². The standard InChI is InChI=1S/C19H13F5N2O/c1-10(11-4-5-15(16(21)8-11)19(22,23)24)26-18(27)14-9-13(20)7-12-3-2-6-25-17(12)14/h2-10H,1H3,(H,26,27). The summed E-state index contributed by atoms with van der Waals surface area (Å²) in [6.07, 6.45) is -3.35. The van der Waals surface area contributed by atoms with Crippen LogP contribution in [0.25, 0.3) is 10.9 Å². The molecule has 1 unspecified atom stereocenters. The molecule has 0 saturated heterocycles. The minimum atomic E-state index is -4.80. The van der Waals surface area contributed by atoms with Crippen LogP contribution in [0, 0.1) is 11.6 Å². The van der Waals surface area contributed by atoms with Gasteiger partial charge in [0.25, 0.3) is 5.91 Å². The number of amides is 1. The Hall–Kier alpha value is -3.03. The molecule has 0 aliphatic heterocycles. The van der Waals surface area contributed by atoms with Crippen molar-refractivity contribution in [2.75, 3.05) is 0 Å². The highest BCUT2D eigenvalue weighted by Crippen LogP contribution is 2.32. The molecule has 0 spiro atoms. The van der Waals surface area contributed by atoms with Crippen molar-refractivity contribution in [3.63, 3.8) is 0 Å². The van der Waals surface area contributed by atoms with Crippen LogP contribution in [0.1, 0.15) is 34.5 Å². The minimum Gasteiger partial charge on any atom is -0.345 e. The molecule has 3 nitrogen and oxygen atoms in total. The molecule has 0 bridgehead atoms. The number of rotatable bonds is 3. The van der Waals surface area contributed by atoms with E-state index in [0.717, 1.165) is 18.2 Å². The Morgan fingerprint density at radius 1 is 1.11 bits per heavy atom. The van der Waals surface area contributed by atoms with Crippen molar-refractivity contribution >= 4 is 16.8 Å². The van der Waals surface area contributed by atoms with Gasteiger partial charge in [0, 0.05) is 11.6 Å². The predicted octanol–water partition coefficient (Wildman–Crippen LogP) is 5.02. The summed E-state index contributed by atoms with van der Waals surface area (Å²) in [5.41, 5.74) is -0.986. The largest absolute Gasteiger partial charge is 0.419 e. The van der Waals surface area contributed by atoms with Crippen molar-refractivity contribution in [2.45, 2.75) is 19.1 Å². The highest BCUT2D eigenvalue weighted by molar-refractivity contribution is 6.05. The number of hydrogen-bond donors (Lipinski definition) is 1. The van der Waals surface area contributed by atoms with Crippen molar-refractivity contribution in [3.05, 3.63) is 77.0 Å². The van der Waals surface area contributed by atoms with Crippen LogP contribution in [0.3, 0.4) is 0 Å². The van der Waals surface area contributed by atoms with Crippen LogP contribution in [0.5, 0.6) is 0 Å². The number of fused-ring (bicyclic) bond motifs is 1. The van der Waals surface area contributed by atoms with Crippen LogP contribution < -0.4 is 5.32 Å². The van der Waals surface area contributed by atoms with Crippen LogP contribution in [-0.4, -0.2) is 10.9 Å². The van der Waals surface area contributed by atoms with Gasteiger partial charge in [0.2, 0.25) is 0 Å². The van der Waals surface area contributed by atoms with Gasteiger partial charge in [-0.15, -0.1) is 0 Å². The Kier molecular flexibility index (Phi) is 4.82. The smallest absolute Gasteiger partial charge is 0.345 e. The third kappa shape index (κ3) is 3.89. The first-order valence-corrected chi connectivity index (χ1v) is 7.88. The van der Waals surface area contributed by atoms with Crippen LogP contribution in [0.4, 0.5) is 22.0 Å². The van der Waals surface area contributed by atoms with Gasteiger partial charge in [-0.1, -0.05) is 12.1 Å². The van der Waals surface area contributed by atoms with Gasteiger partial charge in [0.05, 0.1) is 22.7 Å². The van der Waals surface area contributed by atoms with E-state index in [9.17, 15) is 26.7 Å². The Balaban J connectivity index is 1.88. The second-order valence-corrected chi connectivity index (χ2v) is 5.96. The van der Waals surface area contributed by atoms with E-state index in [-0.39, 0.29) is 16.6 Å². The summed E-state index contributed by atoms with van der Waals surface area (Å²) in [5, 5.41) is 2.95. The van der Waals surface area contributed by atoms with Gasteiger partial charge >= 0.3 is 6.18 Å². The molecule has 27 heavy (non-hydrogen) atoms. The first kappa shape index (κ1) is 18.8. The molecule has 3 rings (SSSR count). The Labute approximate surface area is 150 Å². The number of hydrogen-bond acceptors (Lipinski definition) is 2. The maximum absolute atomic E-state index is 13.8.